The van der Waals surface area contributed by atoms with Crippen molar-refractivity contribution in [2.24, 2.45) is 0 Å². The molecular weight excluding hydrogens is 222 g/mol. The first-order valence-electron chi connectivity index (χ1n) is 4.62. The zero-order chi connectivity index (χ0) is 11.7. The van der Waals surface area contributed by atoms with Crippen LogP contribution in [0, 0.1) is 0 Å². The van der Waals surface area contributed by atoms with Crippen molar-refractivity contribution in [3.63, 3.8) is 0 Å². The van der Waals surface area contributed by atoms with Gasteiger partial charge in [-0.1, -0.05) is 0 Å². The molecule has 0 aromatic rings. The molecule has 0 aromatic carbocycles. The van der Waals surface area contributed by atoms with Crippen molar-refractivity contribution in [2.45, 2.75) is 24.9 Å². The molecule has 0 aliphatic carbocycles. The average molecular weight is 237 g/mol. The minimum absolute atomic E-state index is 0.173. The molecule has 0 radical (unpaired) electrons. The van der Waals surface area contributed by atoms with Gasteiger partial charge in [-0.3, -0.25) is 4.79 Å². The van der Waals surface area contributed by atoms with Crippen molar-refractivity contribution in [1.29, 1.82) is 0 Å². The molecule has 1 heterocycles. The predicted molar refractivity (Wildman–Crippen MR) is 52.9 cm³/mol. The quantitative estimate of drug-likeness (QED) is 0.673. The monoisotopic (exact) mass is 237 g/mol. The Hall–Kier alpha value is -0.660. The van der Waals surface area contributed by atoms with E-state index in [4.69, 9.17) is 5.11 Å². The number of sulfonamides is 1. The Labute approximate surface area is 88.6 Å². The maximum atomic E-state index is 11.1. The number of nitrogens with zero attached hydrogens (tertiary/aromatic N) is 1. The van der Waals surface area contributed by atoms with Crippen LogP contribution in [-0.2, 0) is 14.8 Å². The van der Waals surface area contributed by atoms with Crippen LogP contribution in [0.3, 0.4) is 0 Å². The van der Waals surface area contributed by atoms with E-state index in [9.17, 15) is 18.3 Å². The smallest absolute Gasteiger partial charge is 0.306 e. The SMILES string of the molecule is CS(=O)(=O)N1CCC(O)(CC(=O)O)CC1. The highest BCUT2D eigenvalue weighted by Gasteiger charge is 2.36. The number of carbonyl (C=O) groups is 1. The Balaban J connectivity index is 2.59. The number of hydrogen-bond acceptors (Lipinski definition) is 4. The van der Waals surface area contributed by atoms with E-state index >= 15 is 0 Å². The summed E-state index contributed by atoms with van der Waals surface area (Å²) < 4.78 is 23.5. The average Bonchev–Trinajstić information content (AvgIpc) is 2.00. The number of rotatable bonds is 3. The van der Waals surface area contributed by atoms with Gasteiger partial charge >= 0.3 is 5.97 Å². The van der Waals surface area contributed by atoms with Gasteiger partial charge in [-0.25, -0.2) is 12.7 Å². The molecule has 1 aliphatic rings. The molecule has 0 spiro atoms. The Morgan fingerprint density at radius 2 is 1.87 bits per heavy atom. The van der Waals surface area contributed by atoms with Crippen LogP contribution >= 0.6 is 0 Å². The van der Waals surface area contributed by atoms with Crippen LogP contribution in [0.15, 0.2) is 0 Å². The van der Waals surface area contributed by atoms with Gasteiger partial charge in [-0.05, 0) is 12.8 Å². The van der Waals surface area contributed by atoms with E-state index in [1.54, 1.807) is 0 Å². The Morgan fingerprint density at radius 1 is 1.40 bits per heavy atom. The molecular formula is C8H15NO5S. The Morgan fingerprint density at radius 3 is 2.20 bits per heavy atom. The molecule has 0 atom stereocenters. The second-order valence-corrected chi connectivity index (χ2v) is 5.94. The highest BCUT2D eigenvalue weighted by molar-refractivity contribution is 7.88. The largest absolute Gasteiger partial charge is 0.481 e. The van der Waals surface area contributed by atoms with Crippen LogP contribution in [0.1, 0.15) is 19.3 Å². The zero-order valence-corrected chi connectivity index (χ0v) is 9.33. The van der Waals surface area contributed by atoms with Crippen molar-refractivity contribution in [1.82, 2.24) is 4.31 Å². The molecule has 1 rings (SSSR count). The van der Waals surface area contributed by atoms with Crippen molar-refractivity contribution >= 4 is 16.0 Å². The fourth-order valence-electron chi connectivity index (χ4n) is 1.69. The van der Waals surface area contributed by atoms with E-state index in [-0.39, 0.29) is 32.4 Å². The Bertz CT molecular complexity index is 342. The van der Waals surface area contributed by atoms with Gasteiger partial charge < -0.3 is 10.2 Å². The second kappa shape index (κ2) is 4.07. The summed E-state index contributed by atoms with van der Waals surface area (Å²) in [5.41, 5.74) is -1.26. The van der Waals surface area contributed by atoms with E-state index in [0.717, 1.165) is 6.26 Å². The molecule has 7 heteroatoms. The van der Waals surface area contributed by atoms with Crippen molar-refractivity contribution in [3.8, 4) is 0 Å². The molecule has 1 fully saturated rings. The summed E-state index contributed by atoms with van der Waals surface area (Å²) in [5.74, 6) is -1.06. The van der Waals surface area contributed by atoms with Gasteiger partial charge in [0.25, 0.3) is 0 Å². The summed E-state index contributed by atoms with van der Waals surface area (Å²) >= 11 is 0. The molecule has 0 unspecified atom stereocenters. The van der Waals surface area contributed by atoms with Gasteiger partial charge in [0.05, 0.1) is 18.3 Å². The number of carboxylic acids is 1. The number of carboxylic acid groups (broad SMARTS) is 1. The summed E-state index contributed by atoms with van der Waals surface area (Å²) in [6, 6.07) is 0. The third-order valence-electron chi connectivity index (χ3n) is 2.60. The molecule has 2 N–H and O–H groups in total. The molecule has 0 saturated carbocycles. The number of hydrogen-bond donors (Lipinski definition) is 2. The van der Waals surface area contributed by atoms with Crippen LogP contribution in [0.4, 0.5) is 0 Å². The third kappa shape index (κ3) is 3.44. The van der Waals surface area contributed by atoms with E-state index in [1.165, 1.54) is 4.31 Å². The summed E-state index contributed by atoms with van der Waals surface area (Å²) in [4.78, 5) is 10.5. The van der Waals surface area contributed by atoms with Crippen molar-refractivity contribution < 1.29 is 23.4 Å². The molecule has 1 aliphatic heterocycles. The van der Waals surface area contributed by atoms with Crippen molar-refractivity contribution in [2.75, 3.05) is 19.3 Å². The maximum Gasteiger partial charge on any atom is 0.306 e. The van der Waals surface area contributed by atoms with Gasteiger partial charge in [0.1, 0.15) is 0 Å². The first kappa shape index (κ1) is 12.4. The van der Waals surface area contributed by atoms with Crippen LogP contribution in [0.5, 0.6) is 0 Å². The lowest BCUT2D eigenvalue weighted by atomic mass is 9.89. The van der Waals surface area contributed by atoms with Gasteiger partial charge in [-0.15, -0.1) is 0 Å². The van der Waals surface area contributed by atoms with Crippen LogP contribution < -0.4 is 0 Å². The number of aliphatic hydroxyl groups is 1. The van der Waals surface area contributed by atoms with E-state index in [0.29, 0.717) is 0 Å². The lowest BCUT2D eigenvalue weighted by molar-refractivity contribution is -0.144. The second-order valence-electron chi connectivity index (χ2n) is 3.96. The van der Waals surface area contributed by atoms with Gasteiger partial charge in [0, 0.05) is 13.1 Å². The van der Waals surface area contributed by atoms with Gasteiger partial charge in [0.2, 0.25) is 10.0 Å². The first-order chi connectivity index (χ1) is 6.73. The molecule has 0 aromatic heterocycles. The minimum Gasteiger partial charge on any atom is -0.481 e. The van der Waals surface area contributed by atoms with Crippen molar-refractivity contribution in [3.05, 3.63) is 0 Å². The van der Waals surface area contributed by atoms with E-state index in [1.807, 2.05) is 0 Å². The highest BCUT2D eigenvalue weighted by Crippen LogP contribution is 2.26. The fourth-order valence-corrected chi connectivity index (χ4v) is 2.54. The third-order valence-corrected chi connectivity index (χ3v) is 3.91. The summed E-state index contributed by atoms with van der Waals surface area (Å²) in [5, 5.41) is 18.4. The number of aliphatic carboxylic acids is 1. The van der Waals surface area contributed by atoms with Crippen LogP contribution in [0.2, 0.25) is 0 Å². The lowest BCUT2D eigenvalue weighted by Crippen LogP contribution is -2.47. The zero-order valence-electron chi connectivity index (χ0n) is 8.51. The molecule has 1 saturated heterocycles. The molecule has 0 bridgehead atoms. The van der Waals surface area contributed by atoms with Gasteiger partial charge in [-0.2, -0.15) is 0 Å². The van der Waals surface area contributed by atoms with Crippen LogP contribution in [0.25, 0.3) is 0 Å². The standard InChI is InChI=1S/C8H15NO5S/c1-15(13,14)9-4-2-8(12,3-5-9)6-7(10)11/h12H,2-6H2,1H3,(H,10,11). The van der Waals surface area contributed by atoms with E-state index < -0.39 is 21.6 Å². The first-order valence-corrected chi connectivity index (χ1v) is 6.47. The Kier molecular flexibility index (Phi) is 3.37. The predicted octanol–water partition coefficient (Wildman–Crippen LogP) is -0.752. The molecule has 6 nitrogen and oxygen atoms in total. The van der Waals surface area contributed by atoms with E-state index in [2.05, 4.69) is 0 Å². The summed E-state index contributed by atoms with van der Waals surface area (Å²) in [6.07, 6.45) is 1.12. The summed E-state index contributed by atoms with van der Waals surface area (Å²) in [6.45, 7) is 0.366. The maximum absolute atomic E-state index is 11.1. The van der Waals surface area contributed by atoms with Crippen LogP contribution in [-0.4, -0.2) is 53.9 Å². The molecule has 15 heavy (non-hydrogen) atoms. The topological polar surface area (TPSA) is 94.9 Å². The number of piperidine rings is 1. The normalized spacial score (nSPS) is 22.5. The lowest BCUT2D eigenvalue weighted by Gasteiger charge is -2.35. The molecule has 88 valence electrons. The highest BCUT2D eigenvalue weighted by atomic mass is 32.2. The molecule has 0 amide bonds. The minimum atomic E-state index is -3.23. The summed E-state index contributed by atoms with van der Waals surface area (Å²) in [7, 11) is -3.23. The fraction of sp³-hybridized carbons (Fsp3) is 0.875. The van der Waals surface area contributed by atoms with Gasteiger partial charge in [0.15, 0.2) is 0 Å².